The topological polar surface area (TPSA) is 49.7 Å². The zero-order valence-electron chi connectivity index (χ0n) is 28.2. The van der Waals surface area contributed by atoms with Crippen molar-refractivity contribution in [1.82, 2.24) is 0 Å². The Kier molecular flexibility index (Phi) is 8.01. The fourth-order valence-corrected chi connectivity index (χ4v) is 6.97. The Morgan fingerprint density at radius 2 is 0.558 bits per heavy atom. The van der Waals surface area contributed by atoms with Gasteiger partial charge in [-0.25, -0.2) is 29.8 Å². The molecule has 2 heterocycles. The van der Waals surface area contributed by atoms with E-state index in [0.29, 0.717) is 0 Å². The van der Waals surface area contributed by atoms with Gasteiger partial charge in [-0.15, -0.1) is 0 Å². The molecule has 0 spiro atoms. The zero-order valence-corrected chi connectivity index (χ0v) is 28.2. The first-order chi connectivity index (χ1) is 25.8. The maximum atomic E-state index is 6.79. The molecule has 2 fully saturated rings. The average Bonchev–Trinajstić information content (AvgIpc) is 3.21. The first kappa shape index (κ1) is 31.4. The lowest BCUT2D eigenvalue weighted by Crippen LogP contribution is -2.63. The quantitative estimate of drug-likeness (QED) is 0.161. The number of hydrogen-bond acceptors (Lipinski definition) is 4. The number of hydroxylamine groups is 2. The minimum absolute atomic E-state index is 0.769. The Balaban J connectivity index is 1.15. The Morgan fingerprint density at radius 1 is 0.308 bits per heavy atom. The van der Waals surface area contributed by atoms with Crippen molar-refractivity contribution in [3.63, 3.8) is 0 Å². The molecule has 0 N–H and O–H groups in total. The number of anilines is 2. The molecule has 2 aliphatic heterocycles. The zero-order chi connectivity index (χ0) is 34.8. The standard InChI is InChI=1S/C46H34N4O2/c1-7-19-35(20-8-1)45(36-21-9-2-10-22-36)43(49(51-45)41-27-15-5-16-28-41)47-39-31-33-40(34-32-39)48-44-46(37-23-11-3-12-24-37,38-25-13-4-14-26-38)52-50(44)42-29-17-6-18-30-42/h1-34H. The minimum atomic E-state index is -0.901. The summed E-state index contributed by atoms with van der Waals surface area (Å²) in [6.07, 6.45) is 0. The van der Waals surface area contributed by atoms with Gasteiger partial charge in [0, 0.05) is 0 Å². The summed E-state index contributed by atoms with van der Waals surface area (Å²) >= 11 is 0. The van der Waals surface area contributed by atoms with Crippen LogP contribution < -0.4 is 10.1 Å². The van der Waals surface area contributed by atoms with Crippen molar-refractivity contribution in [3.05, 3.63) is 229 Å². The lowest BCUT2D eigenvalue weighted by Gasteiger charge is -2.51. The molecule has 0 saturated carbocycles. The Labute approximate surface area is 303 Å². The molecule has 6 heteroatoms. The molecule has 52 heavy (non-hydrogen) atoms. The first-order valence-corrected chi connectivity index (χ1v) is 17.3. The van der Waals surface area contributed by atoms with E-state index in [4.69, 9.17) is 19.7 Å². The lowest BCUT2D eigenvalue weighted by atomic mass is 9.82. The number of para-hydroxylation sites is 2. The molecule has 0 radical (unpaired) electrons. The second-order valence-electron chi connectivity index (χ2n) is 12.7. The highest BCUT2D eigenvalue weighted by molar-refractivity contribution is 6.11. The second-order valence-corrected chi connectivity index (χ2v) is 12.7. The largest absolute Gasteiger partial charge is 0.243 e. The van der Waals surface area contributed by atoms with Crippen LogP contribution in [-0.4, -0.2) is 11.7 Å². The van der Waals surface area contributed by atoms with Crippen molar-refractivity contribution < 1.29 is 9.68 Å². The number of hydrogen-bond donors (Lipinski definition) is 0. The predicted octanol–water partition coefficient (Wildman–Crippen LogP) is 10.5. The van der Waals surface area contributed by atoms with E-state index >= 15 is 0 Å². The van der Waals surface area contributed by atoms with E-state index in [-0.39, 0.29) is 0 Å². The summed E-state index contributed by atoms with van der Waals surface area (Å²) in [4.78, 5) is 24.2. The van der Waals surface area contributed by atoms with Gasteiger partial charge in [-0.05, 0) is 70.8 Å². The highest BCUT2D eigenvalue weighted by Gasteiger charge is 2.57. The van der Waals surface area contributed by atoms with Crippen LogP contribution in [0.4, 0.5) is 22.7 Å². The van der Waals surface area contributed by atoms with Crippen LogP contribution in [0.25, 0.3) is 0 Å². The van der Waals surface area contributed by atoms with E-state index in [0.717, 1.165) is 56.7 Å². The molecule has 7 aromatic carbocycles. The van der Waals surface area contributed by atoms with Crippen LogP contribution >= 0.6 is 0 Å². The molecule has 0 aliphatic carbocycles. The molecule has 0 atom stereocenters. The van der Waals surface area contributed by atoms with Gasteiger partial charge in [-0.3, -0.25) is 0 Å². The summed E-state index contributed by atoms with van der Waals surface area (Å²) in [5.74, 6) is 1.54. The Hall–Kier alpha value is -6.60. The summed E-state index contributed by atoms with van der Waals surface area (Å²) in [6, 6.07) is 69.2. The van der Waals surface area contributed by atoms with Gasteiger partial charge in [-0.2, -0.15) is 0 Å². The minimum Gasteiger partial charge on any atom is -0.243 e. The van der Waals surface area contributed by atoms with E-state index in [1.807, 2.05) is 168 Å². The van der Waals surface area contributed by atoms with Crippen LogP contribution in [-0.2, 0) is 20.9 Å². The third-order valence-corrected chi connectivity index (χ3v) is 9.49. The third kappa shape index (κ3) is 5.29. The maximum Gasteiger partial charge on any atom is 0.206 e. The van der Waals surface area contributed by atoms with Gasteiger partial charge in [-0.1, -0.05) is 158 Å². The van der Waals surface area contributed by atoms with Crippen LogP contribution in [0.15, 0.2) is 216 Å². The molecule has 2 saturated heterocycles. The fourth-order valence-electron chi connectivity index (χ4n) is 6.97. The molecular weight excluding hydrogens is 641 g/mol. The monoisotopic (exact) mass is 674 g/mol. The van der Waals surface area contributed by atoms with Crippen molar-refractivity contribution in [2.45, 2.75) is 11.2 Å². The van der Waals surface area contributed by atoms with E-state index in [1.54, 1.807) is 0 Å². The van der Waals surface area contributed by atoms with Crippen molar-refractivity contribution in [1.29, 1.82) is 0 Å². The van der Waals surface area contributed by atoms with Crippen LogP contribution in [0.1, 0.15) is 22.3 Å². The maximum absolute atomic E-state index is 6.79. The SMILES string of the molecule is c1ccc(N2OC(c3ccccc3)(c3ccccc3)C2=Nc2ccc(N=C3N(c4ccccc4)OC3(c3ccccc3)c3ccccc3)cc2)cc1. The van der Waals surface area contributed by atoms with Gasteiger partial charge in [0.1, 0.15) is 0 Å². The summed E-state index contributed by atoms with van der Waals surface area (Å²) in [7, 11) is 0. The molecular formula is C46H34N4O2. The van der Waals surface area contributed by atoms with E-state index < -0.39 is 11.2 Å². The molecule has 6 nitrogen and oxygen atoms in total. The van der Waals surface area contributed by atoms with Crippen LogP contribution in [0, 0.1) is 0 Å². The van der Waals surface area contributed by atoms with Gasteiger partial charge in [0.05, 0.1) is 22.7 Å². The van der Waals surface area contributed by atoms with Crippen molar-refractivity contribution in [2.24, 2.45) is 9.98 Å². The average molecular weight is 675 g/mol. The van der Waals surface area contributed by atoms with E-state index in [1.165, 1.54) is 0 Å². The highest BCUT2D eigenvalue weighted by atomic mass is 16.7. The molecule has 0 amide bonds. The smallest absolute Gasteiger partial charge is 0.206 e. The van der Waals surface area contributed by atoms with Gasteiger partial charge in [0.2, 0.25) is 11.2 Å². The number of rotatable bonds is 8. The van der Waals surface area contributed by atoms with Crippen LogP contribution in [0.5, 0.6) is 0 Å². The highest BCUT2D eigenvalue weighted by Crippen LogP contribution is 2.49. The number of benzene rings is 7. The number of amidine groups is 2. The van der Waals surface area contributed by atoms with Gasteiger partial charge >= 0.3 is 0 Å². The molecule has 2 aliphatic rings. The summed E-state index contributed by atoms with van der Waals surface area (Å²) in [6.45, 7) is 0. The third-order valence-electron chi connectivity index (χ3n) is 9.49. The number of nitrogens with zero attached hydrogens (tertiary/aromatic N) is 4. The normalized spacial score (nSPS) is 17.4. The van der Waals surface area contributed by atoms with E-state index in [2.05, 4.69) is 48.5 Å². The number of aliphatic imine (C=N–C) groups is 2. The molecule has 250 valence electrons. The van der Waals surface area contributed by atoms with E-state index in [9.17, 15) is 0 Å². The lowest BCUT2D eigenvalue weighted by molar-refractivity contribution is -0.0224. The molecule has 7 aromatic rings. The Morgan fingerprint density at radius 3 is 0.827 bits per heavy atom. The summed E-state index contributed by atoms with van der Waals surface area (Å²) < 4.78 is 0. The molecule has 0 aromatic heterocycles. The second kappa shape index (κ2) is 13.3. The van der Waals surface area contributed by atoms with Gasteiger partial charge in [0.15, 0.2) is 11.7 Å². The molecule has 0 unspecified atom stereocenters. The fraction of sp³-hybridized carbons (Fsp3) is 0.0435. The molecule has 9 rings (SSSR count). The van der Waals surface area contributed by atoms with Crippen LogP contribution in [0.3, 0.4) is 0 Å². The molecule has 0 bridgehead atoms. The van der Waals surface area contributed by atoms with Crippen molar-refractivity contribution in [3.8, 4) is 0 Å². The summed E-state index contributed by atoms with van der Waals surface area (Å²) in [5.41, 5.74) is 5.55. The predicted molar refractivity (Wildman–Crippen MR) is 208 cm³/mol. The van der Waals surface area contributed by atoms with Crippen LogP contribution in [0.2, 0.25) is 0 Å². The first-order valence-electron chi connectivity index (χ1n) is 17.3. The van der Waals surface area contributed by atoms with Gasteiger partial charge < -0.3 is 0 Å². The Bertz CT molecular complexity index is 2090. The van der Waals surface area contributed by atoms with Gasteiger partial charge in [0.25, 0.3) is 0 Å². The van der Waals surface area contributed by atoms with Crippen molar-refractivity contribution in [2.75, 3.05) is 10.1 Å². The van der Waals surface area contributed by atoms with Crippen molar-refractivity contribution >= 4 is 34.4 Å². The summed E-state index contributed by atoms with van der Waals surface area (Å²) in [5, 5.41) is 3.65.